The van der Waals surface area contributed by atoms with Gasteiger partial charge in [0.05, 0.1) is 25.6 Å². The molecule has 4 heteroatoms. The van der Waals surface area contributed by atoms with Crippen LogP contribution >= 0.6 is 0 Å². The third-order valence-electron chi connectivity index (χ3n) is 2.43. The highest BCUT2D eigenvalue weighted by molar-refractivity contribution is 4.63. The fourth-order valence-electron chi connectivity index (χ4n) is 1.42. The van der Waals surface area contributed by atoms with E-state index in [4.69, 9.17) is 5.11 Å². The Labute approximate surface area is 80.1 Å². The monoisotopic (exact) mass is 188 g/mol. The van der Waals surface area contributed by atoms with Gasteiger partial charge >= 0.3 is 0 Å². The Morgan fingerprint density at radius 1 is 1.15 bits per heavy atom. The fraction of sp³-hybridized carbons (Fsp3) is 1.00. The lowest BCUT2D eigenvalue weighted by atomic mass is 10.0. The average molecular weight is 188 g/mol. The van der Waals surface area contributed by atoms with Crippen molar-refractivity contribution in [3.05, 3.63) is 0 Å². The van der Waals surface area contributed by atoms with E-state index in [2.05, 4.69) is 16.0 Å². The summed E-state index contributed by atoms with van der Waals surface area (Å²) in [6, 6.07) is 0. The first-order valence-corrected chi connectivity index (χ1v) is 5.27. The lowest BCUT2D eigenvalue weighted by molar-refractivity contribution is -0.722. The van der Waals surface area contributed by atoms with E-state index in [-0.39, 0.29) is 6.61 Å². The minimum Gasteiger partial charge on any atom is -0.395 e. The SMILES string of the molecule is OCCNCCCNCC1C[NH2+]C1. The largest absolute Gasteiger partial charge is 0.395 e. The van der Waals surface area contributed by atoms with Crippen molar-refractivity contribution in [1.29, 1.82) is 0 Å². The summed E-state index contributed by atoms with van der Waals surface area (Å²) in [6.07, 6.45) is 1.15. The summed E-state index contributed by atoms with van der Waals surface area (Å²) in [5.74, 6) is 0.908. The summed E-state index contributed by atoms with van der Waals surface area (Å²) in [4.78, 5) is 0. The molecule has 1 saturated heterocycles. The third-order valence-corrected chi connectivity index (χ3v) is 2.43. The second kappa shape index (κ2) is 7.26. The Kier molecular flexibility index (Phi) is 6.10. The van der Waals surface area contributed by atoms with Gasteiger partial charge in [-0.1, -0.05) is 0 Å². The van der Waals surface area contributed by atoms with E-state index in [0.717, 1.165) is 32.0 Å². The normalized spacial score (nSPS) is 17.3. The Balaban J connectivity index is 1.68. The van der Waals surface area contributed by atoms with Crippen LogP contribution in [0.5, 0.6) is 0 Å². The maximum Gasteiger partial charge on any atom is 0.0851 e. The van der Waals surface area contributed by atoms with E-state index in [0.29, 0.717) is 0 Å². The van der Waals surface area contributed by atoms with E-state index in [1.54, 1.807) is 0 Å². The molecular weight excluding hydrogens is 166 g/mol. The number of rotatable bonds is 8. The molecule has 0 atom stereocenters. The van der Waals surface area contributed by atoms with Crippen molar-refractivity contribution < 1.29 is 10.4 Å². The van der Waals surface area contributed by atoms with Crippen molar-refractivity contribution in [1.82, 2.24) is 10.6 Å². The Morgan fingerprint density at radius 2 is 1.92 bits per heavy atom. The minimum atomic E-state index is 0.241. The molecule has 5 N–H and O–H groups in total. The zero-order chi connectivity index (χ0) is 9.36. The van der Waals surface area contributed by atoms with Crippen molar-refractivity contribution in [3.8, 4) is 0 Å². The molecule has 0 unspecified atom stereocenters. The highest BCUT2D eigenvalue weighted by atomic mass is 16.3. The van der Waals surface area contributed by atoms with Crippen molar-refractivity contribution >= 4 is 0 Å². The van der Waals surface area contributed by atoms with Crippen LogP contribution in [-0.2, 0) is 0 Å². The average Bonchev–Trinajstić information content (AvgIpc) is 2.07. The highest BCUT2D eigenvalue weighted by Gasteiger charge is 2.20. The van der Waals surface area contributed by atoms with Gasteiger partial charge < -0.3 is 21.1 Å². The summed E-state index contributed by atoms with van der Waals surface area (Å²) < 4.78 is 0. The van der Waals surface area contributed by atoms with E-state index in [1.165, 1.54) is 19.6 Å². The van der Waals surface area contributed by atoms with Crippen molar-refractivity contribution in [3.63, 3.8) is 0 Å². The number of quaternary nitrogens is 1. The first-order chi connectivity index (χ1) is 6.43. The van der Waals surface area contributed by atoms with Gasteiger partial charge in [-0.05, 0) is 19.5 Å². The number of hydrogen-bond donors (Lipinski definition) is 4. The lowest BCUT2D eigenvalue weighted by Crippen LogP contribution is -2.97. The molecule has 0 aromatic rings. The van der Waals surface area contributed by atoms with Gasteiger partial charge in [-0.3, -0.25) is 0 Å². The summed E-state index contributed by atoms with van der Waals surface area (Å²) in [6.45, 7) is 6.84. The third kappa shape index (κ3) is 5.21. The topological polar surface area (TPSA) is 60.9 Å². The van der Waals surface area contributed by atoms with Gasteiger partial charge in [0.25, 0.3) is 0 Å². The van der Waals surface area contributed by atoms with Gasteiger partial charge in [0, 0.05) is 13.1 Å². The van der Waals surface area contributed by atoms with Gasteiger partial charge in [0.1, 0.15) is 0 Å². The van der Waals surface area contributed by atoms with Crippen molar-refractivity contribution in [2.45, 2.75) is 6.42 Å². The van der Waals surface area contributed by atoms with E-state index in [1.807, 2.05) is 0 Å². The van der Waals surface area contributed by atoms with E-state index in [9.17, 15) is 0 Å². The first-order valence-electron chi connectivity index (χ1n) is 5.27. The second-order valence-corrected chi connectivity index (χ2v) is 3.66. The summed E-state index contributed by atoms with van der Waals surface area (Å²) in [5, 5.41) is 17.4. The molecule has 1 heterocycles. The molecule has 0 aromatic carbocycles. The molecule has 4 nitrogen and oxygen atoms in total. The Hall–Kier alpha value is -0.160. The van der Waals surface area contributed by atoms with E-state index >= 15 is 0 Å². The quantitative estimate of drug-likeness (QED) is 0.325. The van der Waals surface area contributed by atoms with Gasteiger partial charge in [-0.25, -0.2) is 0 Å². The maximum atomic E-state index is 8.50. The van der Waals surface area contributed by atoms with Crippen LogP contribution in [0.25, 0.3) is 0 Å². The number of hydrogen-bond acceptors (Lipinski definition) is 3. The van der Waals surface area contributed by atoms with Crippen LogP contribution in [0.2, 0.25) is 0 Å². The number of aliphatic hydroxyl groups is 1. The molecule has 0 radical (unpaired) electrons. The van der Waals surface area contributed by atoms with Gasteiger partial charge in [0.15, 0.2) is 0 Å². The molecule has 0 bridgehead atoms. The summed E-state index contributed by atoms with van der Waals surface area (Å²) in [7, 11) is 0. The summed E-state index contributed by atoms with van der Waals surface area (Å²) in [5.41, 5.74) is 0. The van der Waals surface area contributed by atoms with Crippen LogP contribution in [0, 0.1) is 5.92 Å². The summed E-state index contributed by atoms with van der Waals surface area (Å²) >= 11 is 0. The highest BCUT2D eigenvalue weighted by Crippen LogP contribution is 1.91. The van der Waals surface area contributed by atoms with Crippen LogP contribution < -0.4 is 16.0 Å². The standard InChI is InChI=1S/C9H21N3O/c13-5-4-10-2-1-3-11-6-9-7-12-8-9/h9-13H,1-8H2/p+1. The fourth-order valence-corrected chi connectivity index (χ4v) is 1.42. The molecule has 0 saturated carbocycles. The smallest absolute Gasteiger partial charge is 0.0851 e. The van der Waals surface area contributed by atoms with Gasteiger partial charge in [-0.15, -0.1) is 0 Å². The first kappa shape index (κ1) is 10.9. The van der Waals surface area contributed by atoms with Crippen LogP contribution in [0.1, 0.15) is 6.42 Å². The molecule has 1 fully saturated rings. The number of nitrogens with one attached hydrogen (secondary N) is 2. The minimum absolute atomic E-state index is 0.241. The number of aliphatic hydroxyl groups excluding tert-OH is 1. The molecule has 0 spiro atoms. The molecular formula is C9H22N3O+. The van der Waals surface area contributed by atoms with E-state index < -0.39 is 0 Å². The van der Waals surface area contributed by atoms with Crippen LogP contribution in [0.15, 0.2) is 0 Å². The molecule has 0 aromatic heterocycles. The molecule has 0 amide bonds. The van der Waals surface area contributed by atoms with Crippen LogP contribution in [0.4, 0.5) is 0 Å². The molecule has 1 rings (SSSR count). The van der Waals surface area contributed by atoms with Crippen molar-refractivity contribution in [2.75, 3.05) is 45.9 Å². The predicted molar refractivity (Wildman–Crippen MR) is 52.6 cm³/mol. The van der Waals surface area contributed by atoms with Crippen LogP contribution in [0.3, 0.4) is 0 Å². The van der Waals surface area contributed by atoms with Crippen molar-refractivity contribution in [2.24, 2.45) is 5.92 Å². The Morgan fingerprint density at radius 3 is 2.54 bits per heavy atom. The zero-order valence-corrected chi connectivity index (χ0v) is 8.26. The van der Waals surface area contributed by atoms with Gasteiger partial charge in [0.2, 0.25) is 0 Å². The zero-order valence-electron chi connectivity index (χ0n) is 8.26. The number of nitrogens with two attached hydrogens (primary N) is 1. The molecule has 1 aliphatic heterocycles. The van der Waals surface area contributed by atoms with Gasteiger partial charge in [-0.2, -0.15) is 0 Å². The Bertz CT molecular complexity index is 117. The molecule has 78 valence electrons. The maximum absolute atomic E-state index is 8.50. The van der Waals surface area contributed by atoms with Crippen LogP contribution in [-0.4, -0.2) is 51.0 Å². The second-order valence-electron chi connectivity index (χ2n) is 3.66. The predicted octanol–water partition coefficient (Wildman–Crippen LogP) is -2.26. The molecule has 13 heavy (non-hydrogen) atoms. The molecule has 1 aliphatic rings. The lowest BCUT2D eigenvalue weighted by Gasteiger charge is -2.22. The molecule has 0 aliphatic carbocycles.